The van der Waals surface area contributed by atoms with E-state index in [1.165, 1.54) is 11.3 Å². The van der Waals surface area contributed by atoms with E-state index in [4.69, 9.17) is 12.2 Å². The maximum absolute atomic E-state index is 5.34. The van der Waals surface area contributed by atoms with E-state index in [0.717, 1.165) is 11.3 Å². The lowest BCUT2D eigenvalue weighted by Gasteiger charge is -2.02. The highest BCUT2D eigenvalue weighted by Gasteiger charge is 2.01. The number of nitrogens with zero attached hydrogens (tertiary/aromatic N) is 2. The number of rotatable bonds is 2. The average Bonchev–Trinajstić information content (AvgIpc) is 2.48. The molecule has 0 aliphatic rings. The van der Waals surface area contributed by atoms with Crippen LogP contribution in [0.1, 0.15) is 11.3 Å². The smallest absolute Gasteiger partial charge is 0.180 e. The van der Waals surface area contributed by atoms with Crippen LogP contribution in [0.2, 0.25) is 0 Å². The van der Waals surface area contributed by atoms with Crippen LogP contribution in [0.4, 0.5) is 0 Å². The number of hydrogen-bond donors (Lipinski definition) is 0. The van der Waals surface area contributed by atoms with Crippen LogP contribution in [-0.2, 0) is 13.6 Å². The van der Waals surface area contributed by atoms with E-state index in [9.17, 15) is 0 Å². The highest BCUT2D eigenvalue weighted by Crippen LogP contribution is 2.07. The Bertz CT molecular complexity index is 508. The summed E-state index contributed by atoms with van der Waals surface area (Å²) in [4.78, 5) is 0. The van der Waals surface area contributed by atoms with Crippen LogP contribution in [0.15, 0.2) is 36.5 Å². The normalized spacial score (nSPS) is 10.5. The van der Waals surface area contributed by atoms with Crippen LogP contribution in [0.25, 0.3) is 0 Å². The van der Waals surface area contributed by atoms with E-state index in [0.29, 0.717) is 0 Å². The van der Waals surface area contributed by atoms with Crippen molar-refractivity contribution < 1.29 is 0 Å². The van der Waals surface area contributed by atoms with Crippen molar-refractivity contribution in [1.29, 1.82) is 0 Å². The van der Waals surface area contributed by atoms with Crippen LogP contribution in [0.5, 0.6) is 0 Å². The second kappa shape index (κ2) is 4.03. The summed E-state index contributed by atoms with van der Waals surface area (Å²) in [6, 6.07) is 10.4. The van der Waals surface area contributed by atoms with E-state index in [1.54, 1.807) is 0 Å². The zero-order chi connectivity index (χ0) is 10.8. The number of benzene rings is 1. The molecule has 3 heteroatoms. The Kier molecular flexibility index (Phi) is 2.73. The van der Waals surface area contributed by atoms with Gasteiger partial charge in [0.2, 0.25) is 0 Å². The van der Waals surface area contributed by atoms with Gasteiger partial charge in [-0.25, -0.2) is 0 Å². The molecule has 0 bridgehead atoms. The predicted octanol–water partition coefficient (Wildman–Crippen LogP) is 2.91. The van der Waals surface area contributed by atoms with Crippen LogP contribution >= 0.6 is 12.2 Å². The van der Waals surface area contributed by atoms with Crippen molar-refractivity contribution in [2.45, 2.75) is 13.5 Å². The number of hydrogen-bond acceptors (Lipinski definition) is 1. The van der Waals surface area contributed by atoms with E-state index >= 15 is 0 Å². The van der Waals surface area contributed by atoms with Crippen LogP contribution < -0.4 is 0 Å². The molecular weight excluding hydrogens is 204 g/mol. The Morgan fingerprint density at radius 2 is 1.87 bits per heavy atom. The first-order valence-corrected chi connectivity index (χ1v) is 5.36. The fraction of sp³-hybridized carbons (Fsp3) is 0.250. The third-order valence-electron chi connectivity index (χ3n) is 2.60. The minimum absolute atomic E-state index is 0.849. The number of aromatic nitrogens is 2. The molecule has 78 valence electrons. The predicted molar refractivity (Wildman–Crippen MR) is 64.5 cm³/mol. The molecule has 0 spiro atoms. The summed E-state index contributed by atoms with van der Waals surface area (Å²) < 4.78 is 4.99. The monoisotopic (exact) mass is 218 g/mol. The van der Waals surface area contributed by atoms with Crippen LogP contribution in [0, 0.1) is 11.7 Å². The van der Waals surface area contributed by atoms with Gasteiger partial charge in [0.25, 0.3) is 0 Å². The summed E-state index contributed by atoms with van der Waals surface area (Å²) in [5, 5.41) is 0. The van der Waals surface area contributed by atoms with Gasteiger partial charge in [-0.15, -0.1) is 0 Å². The Labute approximate surface area is 94.8 Å². The van der Waals surface area contributed by atoms with Crippen molar-refractivity contribution in [3.8, 4) is 0 Å². The zero-order valence-electron chi connectivity index (χ0n) is 8.97. The Morgan fingerprint density at radius 3 is 2.40 bits per heavy atom. The SMILES string of the molecule is Cc1cn(Cc2ccccc2)c(=S)n1C. The summed E-state index contributed by atoms with van der Waals surface area (Å²) >= 11 is 5.34. The van der Waals surface area contributed by atoms with Crippen molar-refractivity contribution in [3.05, 3.63) is 52.6 Å². The largest absolute Gasteiger partial charge is 0.324 e. The summed E-state index contributed by atoms with van der Waals surface area (Å²) in [7, 11) is 2.00. The zero-order valence-corrected chi connectivity index (χ0v) is 9.79. The average molecular weight is 218 g/mol. The highest BCUT2D eigenvalue weighted by molar-refractivity contribution is 7.71. The molecule has 0 aliphatic heterocycles. The van der Waals surface area contributed by atoms with E-state index < -0.39 is 0 Å². The first-order valence-electron chi connectivity index (χ1n) is 4.95. The lowest BCUT2D eigenvalue weighted by molar-refractivity contribution is 0.745. The molecule has 0 atom stereocenters. The van der Waals surface area contributed by atoms with Crippen molar-refractivity contribution in [1.82, 2.24) is 9.13 Å². The molecular formula is C12H14N2S. The van der Waals surface area contributed by atoms with Gasteiger partial charge in [-0.3, -0.25) is 0 Å². The van der Waals surface area contributed by atoms with Crippen LogP contribution in [0.3, 0.4) is 0 Å². The third-order valence-corrected chi connectivity index (χ3v) is 3.11. The fourth-order valence-electron chi connectivity index (χ4n) is 1.60. The second-order valence-corrected chi connectivity index (χ2v) is 4.09. The van der Waals surface area contributed by atoms with E-state index in [-0.39, 0.29) is 0 Å². The quantitative estimate of drug-likeness (QED) is 0.705. The summed E-state index contributed by atoms with van der Waals surface area (Å²) in [6.07, 6.45) is 2.09. The summed E-state index contributed by atoms with van der Waals surface area (Å²) in [6.45, 7) is 2.92. The molecule has 0 saturated heterocycles. The number of aryl methyl sites for hydroxylation is 1. The standard InChI is InChI=1S/C12H14N2S/c1-10-8-14(12(15)13(10)2)9-11-6-4-3-5-7-11/h3-8H,9H2,1-2H3. The molecule has 0 amide bonds. The fourth-order valence-corrected chi connectivity index (χ4v) is 1.87. The molecule has 1 aromatic heterocycles. The maximum atomic E-state index is 5.34. The third kappa shape index (κ3) is 2.02. The minimum atomic E-state index is 0.849. The summed E-state index contributed by atoms with van der Waals surface area (Å²) in [5.41, 5.74) is 2.47. The van der Waals surface area contributed by atoms with E-state index in [1.807, 2.05) is 17.7 Å². The minimum Gasteiger partial charge on any atom is -0.324 e. The first-order chi connectivity index (χ1) is 7.18. The number of imidazole rings is 1. The Balaban J connectivity index is 2.33. The van der Waals surface area contributed by atoms with Gasteiger partial charge in [0.05, 0.1) is 0 Å². The van der Waals surface area contributed by atoms with Crippen molar-refractivity contribution in [2.75, 3.05) is 0 Å². The molecule has 1 aromatic carbocycles. The lowest BCUT2D eigenvalue weighted by Crippen LogP contribution is -1.99. The molecule has 15 heavy (non-hydrogen) atoms. The van der Waals surface area contributed by atoms with Crippen LogP contribution in [-0.4, -0.2) is 9.13 Å². The molecule has 2 rings (SSSR count). The first kappa shape index (κ1) is 10.2. The molecule has 1 heterocycles. The van der Waals surface area contributed by atoms with Crippen molar-refractivity contribution >= 4 is 12.2 Å². The van der Waals surface area contributed by atoms with Gasteiger partial charge in [0, 0.05) is 25.5 Å². The van der Waals surface area contributed by atoms with Gasteiger partial charge in [-0.05, 0) is 24.7 Å². The molecule has 2 aromatic rings. The van der Waals surface area contributed by atoms with Crippen molar-refractivity contribution in [2.24, 2.45) is 7.05 Å². The molecule has 0 saturated carbocycles. The Morgan fingerprint density at radius 1 is 1.20 bits per heavy atom. The molecule has 0 radical (unpaired) electrons. The molecule has 0 N–H and O–H groups in total. The molecule has 0 unspecified atom stereocenters. The maximum Gasteiger partial charge on any atom is 0.180 e. The van der Waals surface area contributed by atoms with Crippen molar-refractivity contribution in [3.63, 3.8) is 0 Å². The topological polar surface area (TPSA) is 9.86 Å². The highest BCUT2D eigenvalue weighted by atomic mass is 32.1. The Hall–Kier alpha value is -1.35. The lowest BCUT2D eigenvalue weighted by atomic mass is 10.2. The van der Waals surface area contributed by atoms with E-state index in [2.05, 4.69) is 42.0 Å². The summed E-state index contributed by atoms with van der Waals surface area (Å²) in [5.74, 6) is 0. The second-order valence-electron chi connectivity index (χ2n) is 3.73. The van der Waals surface area contributed by atoms with Gasteiger partial charge in [0.1, 0.15) is 0 Å². The van der Waals surface area contributed by atoms with Gasteiger partial charge < -0.3 is 9.13 Å². The van der Waals surface area contributed by atoms with Gasteiger partial charge in [-0.1, -0.05) is 30.3 Å². The molecule has 2 nitrogen and oxygen atoms in total. The molecule has 0 fully saturated rings. The van der Waals surface area contributed by atoms with Gasteiger partial charge in [-0.2, -0.15) is 0 Å². The van der Waals surface area contributed by atoms with Gasteiger partial charge in [0.15, 0.2) is 4.77 Å². The van der Waals surface area contributed by atoms with Gasteiger partial charge >= 0.3 is 0 Å². The molecule has 0 aliphatic carbocycles.